The van der Waals surface area contributed by atoms with Gasteiger partial charge < -0.3 is 4.90 Å². The summed E-state index contributed by atoms with van der Waals surface area (Å²) in [5.74, 6) is 0. The molecule has 0 radical (unpaired) electrons. The van der Waals surface area contributed by atoms with Gasteiger partial charge in [-0.25, -0.2) is 8.42 Å². The Kier molecular flexibility index (Phi) is 5.96. The first-order valence-corrected chi connectivity index (χ1v) is 9.34. The number of nitrogens with one attached hydrogen (secondary N) is 1. The smallest absolute Gasteiger partial charge is 0.263 e. The van der Waals surface area contributed by atoms with Crippen molar-refractivity contribution in [3.8, 4) is 6.07 Å². The first kappa shape index (κ1) is 19.1. The number of halogens is 2. The second-order valence-corrected chi connectivity index (χ2v) is 7.81. The van der Waals surface area contributed by atoms with Crippen LogP contribution in [0.2, 0.25) is 10.0 Å². The van der Waals surface area contributed by atoms with Crippen LogP contribution in [0.3, 0.4) is 0 Å². The molecule has 2 rings (SSSR count). The standard InChI is InChI=1S/C17H15Cl2N3O2S/c1-22(2)11-12(10-20)14-8-7-13(9-16(14)19)21-25(23,24)17-6-4-3-5-15(17)18/h3-9,11,21H,1-2H3. The molecule has 0 saturated carbocycles. The van der Waals surface area contributed by atoms with Crippen LogP contribution >= 0.6 is 23.2 Å². The van der Waals surface area contributed by atoms with E-state index in [0.29, 0.717) is 11.1 Å². The van der Waals surface area contributed by atoms with Gasteiger partial charge in [0.15, 0.2) is 0 Å². The monoisotopic (exact) mass is 395 g/mol. The van der Waals surface area contributed by atoms with Gasteiger partial charge in [0.1, 0.15) is 11.0 Å². The number of nitrogens with zero attached hydrogens (tertiary/aromatic N) is 2. The number of rotatable bonds is 5. The molecule has 0 unspecified atom stereocenters. The van der Waals surface area contributed by atoms with Gasteiger partial charge in [-0.15, -0.1) is 0 Å². The molecular formula is C17H15Cl2N3O2S. The van der Waals surface area contributed by atoms with E-state index < -0.39 is 10.0 Å². The number of sulfonamides is 1. The van der Waals surface area contributed by atoms with Crippen LogP contribution in [0.15, 0.2) is 53.6 Å². The van der Waals surface area contributed by atoms with Crippen LogP contribution in [0.1, 0.15) is 5.56 Å². The molecule has 2 aromatic carbocycles. The quantitative estimate of drug-likeness (QED) is 0.768. The molecule has 0 atom stereocenters. The Morgan fingerprint density at radius 1 is 1.16 bits per heavy atom. The summed E-state index contributed by atoms with van der Waals surface area (Å²) in [7, 11) is -0.269. The second-order valence-electron chi connectivity index (χ2n) is 5.35. The number of nitriles is 1. The third-order valence-corrected chi connectivity index (χ3v) is 5.34. The summed E-state index contributed by atoms with van der Waals surface area (Å²) in [5.41, 5.74) is 1.16. The molecule has 8 heteroatoms. The molecule has 0 amide bonds. The minimum Gasteiger partial charge on any atom is -0.382 e. The molecule has 0 aliphatic rings. The molecule has 0 aromatic heterocycles. The highest BCUT2D eigenvalue weighted by molar-refractivity contribution is 7.92. The number of anilines is 1. The largest absolute Gasteiger partial charge is 0.382 e. The lowest BCUT2D eigenvalue weighted by Crippen LogP contribution is -2.13. The lowest BCUT2D eigenvalue weighted by atomic mass is 10.1. The Labute approximate surface area is 157 Å². The molecule has 0 bridgehead atoms. The molecule has 0 aliphatic heterocycles. The van der Waals surface area contributed by atoms with Crippen molar-refractivity contribution in [2.45, 2.75) is 4.90 Å². The van der Waals surface area contributed by atoms with Crippen molar-refractivity contribution in [2.24, 2.45) is 0 Å². The predicted octanol–water partition coefficient (Wildman–Crippen LogP) is 4.22. The summed E-state index contributed by atoms with van der Waals surface area (Å²) in [6.07, 6.45) is 1.63. The van der Waals surface area contributed by atoms with Crippen LogP contribution in [0.5, 0.6) is 0 Å². The summed E-state index contributed by atoms with van der Waals surface area (Å²) in [4.78, 5) is 1.70. The maximum Gasteiger partial charge on any atom is 0.263 e. The third-order valence-electron chi connectivity index (χ3n) is 3.15. The van der Waals surface area contributed by atoms with Crippen molar-refractivity contribution in [2.75, 3.05) is 18.8 Å². The maximum atomic E-state index is 12.4. The van der Waals surface area contributed by atoms with E-state index in [1.165, 1.54) is 24.3 Å². The summed E-state index contributed by atoms with van der Waals surface area (Å²) in [6, 6.07) is 12.8. The molecule has 1 N–H and O–H groups in total. The zero-order chi connectivity index (χ0) is 18.6. The van der Waals surface area contributed by atoms with E-state index in [1.54, 1.807) is 43.4 Å². The van der Waals surface area contributed by atoms with Gasteiger partial charge in [0, 0.05) is 25.9 Å². The Morgan fingerprint density at radius 2 is 1.84 bits per heavy atom. The Balaban J connectivity index is 2.36. The van der Waals surface area contributed by atoms with Gasteiger partial charge in [-0.05, 0) is 24.3 Å². The molecular weight excluding hydrogens is 381 g/mol. The highest BCUT2D eigenvalue weighted by Crippen LogP contribution is 2.29. The third kappa shape index (κ3) is 4.67. The second kappa shape index (κ2) is 7.79. The molecule has 0 aliphatic carbocycles. The van der Waals surface area contributed by atoms with E-state index in [9.17, 15) is 13.7 Å². The topological polar surface area (TPSA) is 73.2 Å². The summed E-state index contributed by atoms with van der Waals surface area (Å²) >= 11 is 12.2. The van der Waals surface area contributed by atoms with Crippen LogP contribution in [0, 0.1) is 11.3 Å². The first-order valence-electron chi connectivity index (χ1n) is 7.10. The molecule has 0 fully saturated rings. The maximum absolute atomic E-state index is 12.4. The summed E-state index contributed by atoms with van der Waals surface area (Å²) in [6.45, 7) is 0. The molecule has 0 heterocycles. The fourth-order valence-electron chi connectivity index (χ4n) is 2.09. The van der Waals surface area contributed by atoms with E-state index in [2.05, 4.69) is 10.8 Å². The highest BCUT2D eigenvalue weighted by atomic mass is 35.5. The number of hydrogen-bond donors (Lipinski definition) is 1. The van der Waals surface area contributed by atoms with Gasteiger partial charge in [0.05, 0.1) is 21.3 Å². The van der Waals surface area contributed by atoms with Crippen molar-refractivity contribution >= 4 is 44.5 Å². The molecule has 2 aromatic rings. The molecule has 5 nitrogen and oxygen atoms in total. The van der Waals surface area contributed by atoms with Crippen molar-refractivity contribution in [1.82, 2.24) is 4.90 Å². The van der Waals surface area contributed by atoms with Gasteiger partial charge >= 0.3 is 0 Å². The van der Waals surface area contributed by atoms with Crippen LogP contribution in [-0.4, -0.2) is 27.4 Å². The molecule has 0 spiro atoms. The average Bonchev–Trinajstić information content (AvgIpc) is 2.53. The van der Waals surface area contributed by atoms with Gasteiger partial charge in [0.2, 0.25) is 0 Å². The summed E-state index contributed by atoms with van der Waals surface area (Å²) < 4.78 is 27.3. The van der Waals surface area contributed by atoms with Crippen molar-refractivity contribution in [3.05, 3.63) is 64.3 Å². The zero-order valence-corrected chi connectivity index (χ0v) is 15.8. The Hall–Kier alpha value is -2.20. The Bertz CT molecular complexity index is 964. The van der Waals surface area contributed by atoms with Crippen LogP contribution in [0.4, 0.5) is 5.69 Å². The molecule has 25 heavy (non-hydrogen) atoms. The number of benzene rings is 2. The van der Waals surface area contributed by atoms with Crippen LogP contribution < -0.4 is 4.72 Å². The van der Waals surface area contributed by atoms with Gasteiger partial charge in [-0.3, -0.25) is 4.72 Å². The first-order chi connectivity index (χ1) is 11.7. The minimum atomic E-state index is -3.85. The molecule has 0 saturated heterocycles. The Morgan fingerprint density at radius 3 is 2.40 bits per heavy atom. The van der Waals surface area contributed by atoms with E-state index in [0.717, 1.165) is 0 Å². The highest BCUT2D eigenvalue weighted by Gasteiger charge is 2.18. The predicted molar refractivity (Wildman–Crippen MR) is 101 cm³/mol. The summed E-state index contributed by atoms with van der Waals surface area (Å²) in [5, 5.41) is 9.64. The van der Waals surface area contributed by atoms with Gasteiger partial charge in [0.25, 0.3) is 10.0 Å². The van der Waals surface area contributed by atoms with Crippen LogP contribution in [0.25, 0.3) is 5.57 Å². The van der Waals surface area contributed by atoms with E-state index >= 15 is 0 Å². The number of allylic oxidation sites excluding steroid dienone is 1. The van der Waals surface area contributed by atoms with E-state index in [4.69, 9.17) is 23.2 Å². The SMILES string of the molecule is CN(C)C=C(C#N)c1ccc(NS(=O)(=O)c2ccccc2Cl)cc1Cl. The normalized spacial score (nSPS) is 11.7. The zero-order valence-electron chi connectivity index (χ0n) is 13.5. The molecule has 130 valence electrons. The average molecular weight is 396 g/mol. The van der Waals surface area contributed by atoms with Gasteiger partial charge in [-0.1, -0.05) is 41.4 Å². The van der Waals surface area contributed by atoms with Crippen molar-refractivity contribution in [3.63, 3.8) is 0 Å². The van der Waals surface area contributed by atoms with E-state index in [1.807, 2.05) is 0 Å². The van der Waals surface area contributed by atoms with Crippen molar-refractivity contribution < 1.29 is 8.42 Å². The fourth-order valence-corrected chi connectivity index (χ4v) is 3.94. The lowest BCUT2D eigenvalue weighted by Gasteiger charge is -2.12. The fraction of sp³-hybridized carbons (Fsp3) is 0.118. The van der Waals surface area contributed by atoms with Crippen molar-refractivity contribution in [1.29, 1.82) is 5.26 Å². The minimum absolute atomic E-state index is 0.0258. The van der Waals surface area contributed by atoms with Crippen LogP contribution in [-0.2, 0) is 10.0 Å². The van der Waals surface area contributed by atoms with Gasteiger partial charge in [-0.2, -0.15) is 5.26 Å². The number of hydrogen-bond acceptors (Lipinski definition) is 4. The van der Waals surface area contributed by atoms with E-state index in [-0.39, 0.29) is 20.6 Å². The lowest BCUT2D eigenvalue weighted by molar-refractivity contribution is 0.566.